The average Bonchev–Trinajstić information content (AvgIpc) is 2.96. The van der Waals surface area contributed by atoms with E-state index in [1.165, 1.54) is 17.7 Å². The highest BCUT2D eigenvalue weighted by Gasteiger charge is 2.19. The summed E-state index contributed by atoms with van der Waals surface area (Å²) in [5, 5.41) is 3.38. The Morgan fingerprint density at radius 3 is 3.00 bits per heavy atom. The molecule has 1 saturated heterocycles. The fourth-order valence-electron chi connectivity index (χ4n) is 2.32. The molecule has 17 heavy (non-hydrogen) atoms. The molecule has 1 atom stereocenters. The number of fused-ring (bicyclic) bond motifs is 1. The van der Waals surface area contributed by atoms with E-state index in [4.69, 9.17) is 0 Å². The van der Waals surface area contributed by atoms with Crippen molar-refractivity contribution in [1.29, 1.82) is 0 Å². The monoisotopic (exact) mass is 230 g/mol. The van der Waals surface area contributed by atoms with Gasteiger partial charge in [-0.3, -0.25) is 4.40 Å². The topological polar surface area (TPSA) is 42.2 Å². The van der Waals surface area contributed by atoms with E-state index in [1.54, 1.807) is 0 Å². The van der Waals surface area contributed by atoms with Gasteiger partial charge >= 0.3 is 0 Å². The van der Waals surface area contributed by atoms with Crippen molar-refractivity contribution in [3.05, 3.63) is 29.8 Å². The summed E-state index contributed by atoms with van der Waals surface area (Å²) in [5.74, 6) is 1.88. The molecule has 90 valence electrons. The molecule has 0 amide bonds. The lowest BCUT2D eigenvalue weighted by atomic mass is 10.1. The van der Waals surface area contributed by atoms with Crippen molar-refractivity contribution >= 4 is 5.78 Å². The van der Waals surface area contributed by atoms with Gasteiger partial charge in [-0.05, 0) is 24.4 Å². The SMILES string of the molecule is CC(C)c1cnc2nc(C3CCNC3)cn2c1. The summed E-state index contributed by atoms with van der Waals surface area (Å²) in [6, 6.07) is 0. The summed E-state index contributed by atoms with van der Waals surface area (Å²) in [6.07, 6.45) is 7.39. The normalized spacial score (nSPS) is 20.5. The first kappa shape index (κ1) is 10.7. The Bertz CT molecular complexity index is 523. The standard InChI is InChI=1S/C13H18N4/c1-9(2)11-6-15-13-16-12(8-17(13)7-11)10-3-4-14-5-10/h6-10,14H,3-5H2,1-2H3. The van der Waals surface area contributed by atoms with Crippen LogP contribution in [-0.4, -0.2) is 27.5 Å². The van der Waals surface area contributed by atoms with Crippen molar-refractivity contribution < 1.29 is 0 Å². The van der Waals surface area contributed by atoms with Gasteiger partial charge in [0.15, 0.2) is 0 Å². The Labute approximate surface area is 101 Å². The zero-order valence-electron chi connectivity index (χ0n) is 10.3. The van der Waals surface area contributed by atoms with Crippen molar-refractivity contribution in [2.24, 2.45) is 0 Å². The van der Waals surface area contributed by atoms with Crippen molar-refractivity contribution in [1.82, 2.24) is 19.7 Å². The third kappa shape index (κ3) is 1.93. The first-order valence-electron chi connectivity index (χ1n) is 6.29. The Balaban J connectivity index is 2.00. The van der Waals surface area contributed by atoms with Crippen LogP contribution in [0.4, 0.5) is 0 Å². The van der Waals surface area contributed by atoms with Crippen LogP contribution in [0.2, 0.25) is 0 Å². The second-order valence-electron chi connectivity index (χ2n) is 5.10. The molecule has 0 aromatic carbocycles. The fraction of sp³-hybridized carbons (Fsp3) is 0.538. The summed E-state index contributed by atoms with van der Waals surface area (Å²) in [5.41, 5.74) is 2.43. The minimum absolute atomic E-state index is 0.505. The van der Waals surface area contributed by atoms with Gasteiger partial charge in [-0.25, -0.2) is 9.97 Å². The van der Waals surface area contributed by atoms with E-state index in [0.29, 0.717) is 11.8 Å². The first-order valence-corrected chi connectivity index (χ1v) is 6.29. The summed E-state index contributed by atoms with van der Waals surface area (Å²) >= 11 is 0. The first-order chi connectivity index (χ1) is 8.24. The van der Waals surface area contributed by atoms with Gasteiger partial charge in [0.2, 0.25) is 5.78 Å². The van der Waals surface area contributed by atoms with Crippen molar-refractivity contribution in [3.63, 3.8) is 0 Å². The van der Waals surface area contributed by atoms with Crippen LogP contribution in [0.1, 0.15) is 43.4 Å². The predicted molar refractivity (Wildman–Crippen MR) is 67.3 cm³/mol. The maximum atomic E-state index is 4.61. The quantitative estimate of drug-likeness (QED) is 0.857. The van der Waals surface area contributed by atoms with E-state index >= 15 is 0 Å². The number of nitrogens with one attached hydrogen (secondary N) is 1. The van der Waals surface area contributed by atoms with E-state index in [0.717, 1.165) is 18.9 Å². The lowest BCUT2D eigenvalue weighted by Crippen LogP contribution is -2.08. The van der Waals surface area contributed by atoms with Gasteiger partial charge in [-0.15, -0.1) is 0 Å². The summed E-state index contributed by atoms with van der Waals surface area (Å²) in [6.45, 7) is 6.51. The largest absolute Gasteiger partial charge is 0.316 e. The van der Waals surface area contributed by atoms with Crippen LogP contribution in [0.15, 0.2) is 18.6 Å². The van der Waals surface area contributed by atoms with Gasteiger partial charge in [0, 0.05) is 31.1 Å². The number of nitrogens with zero attached hydrogens (tertiary/aromatic N) is 3. The maximum absolute atomic E-state index is 4.61. The predicted octanol–water partition coefficient (Wildman–Crippen LogP) is 1.93. The minimum atomic E-state index is 0.505. The van der Waals surface area contributed by atoms with Gasteiger partial charge < -0.3 is 5.32 Å². The molecule has 1 unspecified atom stereocenters. The van der Waals surface area contributed by atoms with Crippen LogP contribution >= 0.6 is 0 Å². The second kappa shape index (κ2) is 4.11. The van der Waals surface area contributed by atoms with Crippen LogP contribution in [0.25, 0.3) is 5.78 Å². The number of rotatable bonds is 2. The lowest BCUT2D eigenvalue weighted by molar-refractivity contribution is 0.741. The zero-order chi connectivity index (χ0) is 11.8. The minimum Gasteiger partial charge on any atom is -0.316 e. The van der Waals surface area contributed by atoms with Gasteiger partial charge in [0.25, 0.3) is 0 Å². The van der Waals surface area contributed by atoms with E-state index in [-0.39, 0.29) is 0 Å². The zero-order valence-corrected chi connectivity index (χ0v) is 10.3. The summed E-state index contributed by atoms with van der Waals surface area (Å²) < 4.78 is 2.06. The molecular formula is C13H18N4. The maximum Gasteiger partial charge on any atom is 0.233 e. The summed E-state index contributed by atoms with van der Waals surface area (Å²) in [4.78, 5) is 9.03. The molecule has 1 aliphatic heterocycles. The summed E-state index contributed by atoms with van der Waals surface area (Å²) in [7, 11) is 0. The van der Waals surface area contributed by atoms with Crippen LogP contribution in [0.5, 0.6) is 0 Å². The Morgan fingerprint density at radius 2 is 2.29 bits per heavy atom. The number of hydrogen-bond donors (Lipinski definition) is 1. The molecule has 0 bridgehead atoms. The van der Waals surface area contributed by atoms with Crippen molar-refractivity contribution in [3.8, 4) is 0 Å². The second-order valence-corrected chi connectivity index (χ2v) is 5.10. The third-order valence-electron chi connectivity index (χ3n) is 3.49. The number of hydrogen-bond acceptors (Lipinski definition) is 3. The highest BCUT2D eigenvalue weighted by molar-refractivity contribution is 5.33. The van der Waals surface area contributed by atoms with Gasteiger partial charge in [-0.2, -0.15) is 0 Å². The number of imidazole rings is 1. The molecule has 1 N–H and O–H groups in total. The molecule has 3 rings (SSSR count). The van der Waals surface area contributed by atoms with Gasteiger partial charge in [0.1, 0.15) is 0 Å². The van der Waals surface area contributed by atoms with Crippen LogP contribution in [0, 0.1) is 0 Å². The molecule has 0 spiro atoms. The average molecular weight is 230 g/mol. The third-order valence-corrected chi connectivity index (χ3v) is 3.49. The smallest absolute Gasteiger partial charge is 0.233 e. The molecule has 0 aliphatic carbocycles. The lowest BCUT2D eigenvalue weighted by Gasteiger charge is -2.03. The highest BCUT2D eigenvalue weighted by Crippen LogP contribution is 2.22. The Morgan fingerprint density at radius 1 is 1.41 bits per heavy atom. The Kier molecular flexibility index (Phi) is 2.59. The fourth-order valence-corrected chi connectivity index (χ4v) is 2.32. The molecule has 4 heteroatoms. The molecule has 4 nitrogen and oxygen atoms in total. The molecule has 1 fully saturated rings. The van der Waals surface area contributed by atoms with E-state index < -0.39 is 0 Å². The molecule has 2 aromatic rings. The van der Waals surface area contributed by atoms with Gasteiger partial charge in [-0.1, -0.05) is 13.8 Å². The van der Waals surface area contributed by atoms with E-state index in [2.05, 4.69) is 45.9 Å². The highest BCUT2D eigenvalue weighted by atomic mass is 15.1. The van der Waals surface area contributed by atoms with Gasteiger partial charge in [0.05, 0.1) is 5.69 Å². The number of aromatic nitrogens is 3. The van der Waals surface area contributed by atoms with E-state index in [9.17, 15) is 0 Å². The molecule has 2 aromatic heterocycles. The molecule has 1 aliphatic rings. The molecular weight excluding hydrogens is 212 g/mol. The van der Waals surface area contributed by atoms with Crippen LogP contribution < -0.4 is 5.32 Å². The molecule has 3 heterocycles. The van der Waals surface area contributed by atoms with Crippen LogP contribution in [0.3, 0.4) is 0 Å². The molecule has 0 saturated carbocycles. The van der Waals surface area contributed by atoms with E-state index in [1.807, 2.05) is 6.20 Å². The van der Waals surface area contributed by atoms with Crippen molar-refractivity contribution in [2.75, 3.05) is 13.1 Å². The Hall–Kier alpha value is -1.42. The van der Waals surface area contributed by atoms with Crippen molar-refractivity contribution in [2.45, 2.75) is 32.1 Å². The van der Waals surface area contributed by atoms with Crippen LogP contribution in [-0.2, 0) is 0 Å². The molecule has 0 radical (unpaired) electrons.